The normalized spacial score (nSPS) is 21.1. The second kappa shape index (κ2) is 10.7. The maximum absolute atomic E-state index is 14.8. The largest absolute Gasteiger partial charge is 0.423 e. The fourth-order valence-electron chi connectivity index (χ4n) is 5.18. The van der Waals surface area contributed by atoms with Gasteiger partial charge in [-0.25, -0.2) is 13.2 Å². The minimum atomic E-state index is -1.21. The van der Waals surface area contributed by atoms with Crippen molar-refractivity contribution in [1.82, 2.24) is 0 Å². The molecule has 1 aliphatic carbocycles. The van der Waals surface area contributed by atoms with Gasteiger partial charge in [-0.15, -0.1) is 0 Å². The number of esters is 1. The standard InChI is InChI=1S/C30H28F4O3/c1-2-3-17-4-6-18(7-5-17)22-14-15-24(29(34)27(22)32)37-30(35)20-10-8-19(9-11-20)21-12-13-23(25-16-36-25)28(33)26(21)31/h4-7,12-15,19-20,25H,2-3,8-11,16H2,1H3. The van der Waals surface area contributed by atoms with E-state index < -0.39 is 40.9 Å². The van der Waals surface area contributed by atoms with Crippen LogP contribution in [0.1, 0.15) is 67.7 Å². The van der Waals surface area contributed by atoms with Crippen molar-refractivity contribution in [2.75, 3.05) is 6.61 Å². The van der Waals surface area contributed by atoms with Gasteiger partial charge in [0.2, 0.25) is 5.82 Å². The van der Waals surface area contributed by atoms with Crippen molar-refractivity contribution in [2.24, 2.45) is 5.92 Å². The Hall–Kier alpha value is -3.19. The van der Waals surface area contributed by atoms with E-state index >= 15 is 0 Å². The minimum absolute atomic E-state index is 0.0920. The Morgan fingerprint density at radius 1 is 0.838 bits per heavy atom. The molecule has 0 amide bonds. The van der Waals surface area contributed by atoms with E-state index in [9.17, 15) is 22.4 Å². The second-order valence-corrected chi connectivity index (χ2v) is 9.85. The molecule has 194 valence electrons. The van der Waals surface area contributed by atoms with Gasteiger partial charge in [-0.05, 0) is 66.8 Å². The summed E-state index contributed by atoms with van der Waals surface area (Å²) >= 11 is 0. The molecule has 0 spiro atoms. The first-order valence-electron chi connectivity index (χ1n) is 12.8. The topological polar surface area (TPSA) is 38.8 Å². The van der Waals surface area contributed by atoms with Crippen LogP contribution in [0.25, 0.3) is 11.1 Å². The Labute approximate surface area is 213 Å². The molecule has 0 radical (unpaired) electrons. The van der Waals surface area contributed by atoms with Crippen molar-refractivity contribution in [3.05, 3.63) is 88.5 Å². The number of epoxide rings is 1. The number of hydrogen-bond acceptors (Lipinski definition) is 3. The molecule has 37 heavy (non-hydrogen) atoms. The predicted molar refractivity (Wildman–Crippen MR) is 131 cm³/mol. The van der Waals surface area contributed by atoms with E-state index in [0.717, 1.165) is 18.4 Å². The monoisotopic (exact) mass is 512 g/mol. The van der Waals surface area contributed by atoms with Crippen molar-refractivity contribution in [3.63, 3.8) is 0 Å². The maximum Gasteiger partial charge on any atom is 0.314 e. The number of halogens is 4. The van der Waals surface area contributed by atoms with Crippen LogP contribution in [-0.2, 0) is 16.0 Å². The van der Waals surface area contributed by atoms with Gasteiger partial charge >= 0.3 is 5.97 Å². The highest BCUT2D eigenvalue weighted by Gasteiger charge is 2.34. The number of carbonyl (C=O) groups excluding carboxylic acids is 1. The molecule has 0 bridgehead atoms. The fraction of sp³-hybridized carbons (Fsp3) is 0.367. The summed E-state index contributed by atoms with van der Waals surface area (Å²) in [7, 11) is 0. The minimum Gasteiger partial charge on any atom is -0.423 e. The lowest BCUT2D eigenvalue weighted by molar-refractivity contribution is -0.140. The van der Waals surface area contributed by atoms with Gasteiger partial charge in [0.05, 0.1) is 12.5 Å². The Balaban J connectivity index is 1.22. The van der Waals surface area contributed by atoms with Gasteiger partial charge in [-0.1, -0.05) is 49.7 Å². The molecule has 1 saturated carbocycles. The molecule has 1 atom stereocenters. The molecule has 3 aromatic rings. The maximum atomic E-state index is 14.8. The van der Waals surface area contributed by atoms with Crippen LogP contribution in [0.5, 0.6) is 5.75 Å². The van der Waals surface area contributed by atoms with E-state index in [0.29, 0.717) is 43.4 Å². The van der Waals surface area contributed by atoms with E-state index in [2.05, 4.69) is 6.92 Å². The summed E-state index contributed by atoms with van der Waals surface area (Å²) in [6.07, 6.45) is 3.19. The summed E-state index contributed by atoms with van der Waals surface area (Å²) in [5, 5.41) is 0. The molecule has 3 aromatic carbocycles. The molecule has 1 aliphatic heterocycles. The molecular weight excluding hydrogens is 484 g/mol. The summed E-state index contributed by atoms with van der Waals surface area (Å²) in [6, 6.07) is 13.1. The van der Waals surface area contributed by atoms with E-state index in [4.69, 9.17) is 9.47 Å². The van der Waals surface area contributed by atoms with E-state index in [-0.39, 0.29) is 23.1 Å². The second-order valence-electron chi connectivity index (χ2n) is 9.85. The zero-order valence-electron chi connectivity index (χ0n) is 20.5. The predicted octanol–water partition coefficient (Wildman–Crippen LogP) is 7.81. The van der Waals surface area contributed by atoms with Crippen LogP contribution in [0.2, 0.25) is 0 Å². The molecule has 0 aromatic heterocycles. The van der Waals surface area contributed by atoms with Crippen LogP contribution < -0.4 is 4.74 Å². The molecule has 0 N–H and O–H groups in total. The van der Waals surface area contributed by atoms with Gasteiger partial charge in [-0.3, -0.25) is 4.79 Å². The average molecular weight is 513 g/mol. The van der Waals surface area contributed by atoms with Gasteiger partial charge in [0.1, 0.15) is 6.10 Å². The third-order valence-corrected chi connectivity index (χ3v) is 7.38. The highest BCUT2D eigenvalue weighted by Crippen LogP contribution is 2.41. The third-order valence-electron chi connectivity index (χ3n) is 7.38. The first-order chi connectivity index (χ1) is 17.9. The van der Waals surface area contributed by atoms with E-state index in [1.807, 2.05) is 12.1 Å². The van der Waals surface area contributed by atoms with Crippen LogP contribution in [0.3, 0.4) is 0 Å². The first-order valence-corrected chi connectivity index (χ1v) is 12.8. The number of ether oxygens (including phenoxy) is 2. The van der Waals surface area contributed by atoms with Crippen molar-refractivity contribution in [3.8, 4) is 16.9 Å². The van der Waals surface area contributed by atoms with Crippen molar-refractivity contribution >= 4 is 5.97 Å². The highest BCUT2D eigenvalue weighted by atomic mass is 19.2. The summed E-state index contributed by atoms with van der Waals surface area (Å²) in [4.78, 5) is 12.7. The van der Waals surface area contributed by atoms with Crippen LogP contribution in [0.15, 0.2) is 48.5 Å². The SMILES string of the molecule is CCCc1ccc(-c2ccc(OC(=O)C3CCC(c4ccc(C5CO5)c(F)c4F)CC3)c(F)c2F)cc1. The van der Waals surface area contributed by atoms with Crippen LogP contribution in [-0.4, -0.2) is 12.6 Å². The van der Waals surface area contributed by atoms with Crippen molar-refractivity contribution < 1.29 is 31.8 Å². The molecule has 1 heterocycles. The Bertz CT molecular complexity index is 1290. The first kappa shape index (κ1) is 25.5. The summed E-state index contributed by atoms with van der Waals surface area (Å²) in [6.45, 7) is 2.46. The third kappa shape index (κ3) is 5.28. The van der Waals surface area contributed by atoms with Gasteiger partial charge < -0.3 is 9.47 Å². The van der Waals surface area contributed by atoms with E-state index in [1.165, 1.54) is 12.1 Å². The molecule has 3 nitrogen and oxygen atoms in total. The van der Waals surface area contributed by atoms with Gasteiger partial charge in [0.25, 0.3) is 0 Å². The lowest BCUT2D eigenvalue weighted by Gasteiger charge is -2.28. The summed E-state index contributed by atoms with van der Waals surface area (Å²) < 4.78 is 69.0. The number of aryl methyl sites for hydroxylation is 1. The van der Waals surface area contributed by atoms with Gasteiger partial charge in [0, 0.05) is 11.1 Å². The average Bonchev–Trinajstić information content (AvgIpc) is 3.75. The molecule has 2 aliphatic rings. The number of carbonyl (C=O) groups is 1. The van der Waals surface area contributed by atoms with Gasteiger partial charge in [0.15, 0.2) is 23.2 Å². The fourth-order valence-corrected chi connectivity index (χ4v) is 5.18. The summed E-state index contributed by atoms with van der Waals surface area (Å²) in [5.74, 6) is -5.90. The molecule has 1 saturated heterocycles. The Kier molecular flexibility index (Phi) is 7.33. The highest BCUT2D eigenvalue weighted by molar-refractivity contribution is 5.76. The quantitative estimate of drug-likeness (QED) is 0.140. The Morgan fingerprint density at radius 3 is 2.14 bits per heavy atom. The van der Waals surface area contributed by atoms with Crippen LogP contribution in [0.4, 0.5) is 17.6 Å². The zero-order valence-corrected chi connectivity index (χ0v) is 20.5. The van der Waals surface area contributed by atoms with E-state index in [1.54, 1.807) is 24.3 Å². The molecule has 5 rings (SSSR count). The molecule has 7 heteroatoms. The van der Waals surface area contributed by atoms with Crippen LogP contribution in [0, 0.1) is 29.2 Å². The lowest BCUT2D eigenvalue weighted by Crippen LogP contribution is -2.26. The smallest absolute Gasteiger partial charge is 0.314 e. The van der Waals surface area contributed by atoms with Gasteiger partial charge in [-0.2, -0.15) is 4.39 Å². The van der Waals surface area contributed by atoms with Crippen LogP contribution >= 0.6 is 0 Å². The number of hydrogen-bond donors (Lipinski definition) is 0. The molecular formula is C30H28F4O3. The number of benzene rings is 3. The van der Waals surface area contributed by atoms with Crippen molar-refractivity contribution in [1.29, 1.82) is 0 Å². The molecule has 2 fully saturated rings. The summed E-state index contributed by atoms with van der Waals surface area (Å²) in [5.41, 5.74) is 2.26. The lowest BCUT2D eigenvalue weighted by atomic mass is 9.78. The number of rotatable bonds is 7. The zero-order chi connectivity index (χ0) is 26.1. The Morgan fingerprint density at radius 2 is 1.49 bits per heavy atom. The van der Waals surface area contributed by atoms with Crippen molar-refractivity contribution in [2.45, 2.75) is 57.5 Å². The molecule has 1 unspecified atom stereocenters.